The highest BCUT2D eigenvalue weighted by Gasteiger charge is 2.11. The van der Waals surface area contributed by atoms with E-state index in [2.05, 4.69) is 10.9 Å². The molecule has 0 aliphatic heterocycles. The van der Waals surface area contributed by atoms with Gasteiger partial charge in [0.2, 0.25) is 0 Å². The second kappa shape index (κ2) is 5.01. The monoisotopic (exact) mass is 223 g/mol. The van der Waals surface area contributed by atoms with E-state index in [4.69, 9.17) is 0 Å². The summed E-state index contributed by atoms with van der Waals surface area (Å²) in [5.74, 6) is -0.715. The molecule has 1 aromatic carbocycles. The number of phenols is 1. The highest BCUT2D eigenvalue weighted by atomic mass is 16.3. The van der Waals surface area contributed by atoms with Crippen molar-refractivity contribution in [1.29, 1.82) is 0 Å². The molecule has 0 aromatic heterocycles. The van der Waals surface area contributed by atoms with Crippen molar-refractivity contribution in [2.45, 2.75) is 0 Å². The summed E-state index contributed by atoms with van der Waals surface area (Å²) >= 11 is 0. The Hall–Kier alpha value is -2.24. The van der Waals surface area contributed by atoms with Crippen LogP contribution in [0.2, 0.25) is 0 Å². The van der Waals surface area contributed by atoms with Crippen molar-refractivity contribution in [1.82, 2.24) is 15.8 Å². The van der Waals surface area contributed by atoms with Crippen molar-refractivity contribution in [3.63, 3.8) is 0 Å². The van der Waals surface area contributed by atoms with E-state index in [1.54, 1.807) is 26.2 Å². The molecule has 0 bridgehead atoms. The molecule has 0 spiro atoms. The smallest absolute Gasteiger partial charge is 0.335 e. The fourth-order valence-corrected chi connectivity index (χ4v) is 0.955. The van der Waals surface area contributed by atoms with Crippen LogP contribution in [0.15, 0.2) is 24.3 Å². The van der Waals surface area contributed by atoms with E-state index in [1.165, 1.54) is 17.0 Å². The molecule has 6 nitrogen and oxygen atoms in total. The molecule has 0 saturated carbocycles. The summed E-state index contributed by atoms with van der Waals surface area (Å²) in [6, 6.07) is 5.60. The lowest BCUT2D eigenvalue weighted by Crippen LogP contribution is -2.46. The lowest BCUT2D eigenvalue weighted by atomic mass is 10.2. The van der Waals surface area contributed by atoms with Crippen LogP contribution in [0.25, 0.3) is 0 Å². The number of hydrogen-bond donors (Lipinski definition) is 3. The van der Waals surface area contributed by atoms with Crippen molar-refractivity contribution in [3.8, 4) is 5.75 Å². The molecule has 0 atom stereocenters. The summed E-state index contributed by atoms with van der Waals surface area (Å²) in [7, 11) is 3.09. The SMILES string of the molecule is CN(C)C(=O)NNC(=O)c1ccccc1O. The molecule has 0 radical (unpaired) electrons. The zero-order valence-electron chi connectivity index (χ0n) is 9.02. The number of carbonyl (C=O) groups excluding carboxylic acids is 2. The number of hydrazine groups is 1. The van der Waals surface area contributed by atoms with E-state index < -0.39 is 11.9 Å². The molecule has 86 valence electrons. The van der Waals surface area contributed by atoms with Gasteiger partial charge in [0.1, 0.15) is 5.75 Å². The van der Waals surface area contributed by atoms with E-state index in [0.717, 1.165) is 0 Å². The Morgan fingerprint density at radius 1 is 1.19 bits per heavy atom. The van der Waals surface area contributed by atoms with Crippen molar-refractivity contribution in [3.05, 3.63) is 29.8 Å². The van der Waals surface area contributed by atoms with Crippen LogP contribution in [0.3, 0.4) is 0 Å². The topological polar surface area (TPSA) is 81.7 Å². The van der Waals surface area contributed by atoms with Gasteiger partial charge in [0.15, 0.2) is 0 Å². The van der Waals surface area contributed by atoms with E-state index in [9.17, 15) is 14.7 Å². The van der Waals surface area contributed by atoms with E-state index in [1.807, 2.05) is 0 Å². The quantitative estimate of drug-likeness (QED) is 0.599. The van der Waals surface area contributed by atoms with E-state index in [0.29, 0.717) is 0 Å². The van der Waals surface area contributed by atoms with Gasteiger partial charge in [0.25, 0.3) is 5.91 Å². The second-order valence-electron chi connectivity index (χ2n) is 3.30. The van der Waals surface area contributed by atoms with Crippen molar-refractivity contribution >= 4 is 11.9 Å². The van der Waals surface area contributed by atoms with E-state index in [-0.39, 0.29) is 11.3 Å². The molecule has 3 amide bonds. The minimum atomic E-state index is -0.576. The van der Waals surface area contributed by atoms with Gasteiger partial charge >= 0.3 is 6.03 Å². The standard InChI is InChI=1S/C10H13N3O3/c1-13(2)10(16)12-11-9(15)7-5-3-4-6-8(7)14/h3-6,14H,1-2H3,(H,11,15)(H,12,16). The number of carbonyl (C=O) groups is 2. The zero-order chi connectivity index (χ0) is 12.1. The Morgan fingerprint density at radius 3 is 2.38 bits per heavy atom. The van der Waals surface area contributed by atoms with Crippen LogP contribution in [-0.2, 0) is 0 Å². The molecule has 0 saturated heterocycles. The number of urea groups is 1. The van der Waals surface area contributed by atoms with Crippen molar-refractivity contribution < 1.29 is 14.7 Å². The third kappa shape index (κ3) is 2.88. The van der Waals surface area contributed by atoms with Gasteiger partial charge in [0, 0.05) is 14.1 Å². The molecular formula is C10H13N3O3. The zero-order valence-corrected chi connectivity index (χ0v) is 9.02. The van der Waals surface area contributed by atoms with Crippen molar-refractivity contribution in [2.75, 3.05) is 14.1 Å². The summed E-state index contributed by atoms with van der Waals surface area (Å²) in [5.41, 5.74) is 4.46. The Bertz CT molecular complexity index is 404. The summed E-state index contributed by atoms with van der Waals surface area (Å²) in [6.07, 6.45) is 0. The molecule has 0 unspecified atom stereocenters. The second-order valence-corrected chi connectivity index (χ2v) is 3.30. The fraction of sp³-hybridized carbons (Fsp3) is 0.200. The summed E-state index contributed by atoms with van der Waals surface area (Å²) < 4.78 is 0. The lowest BCUT2D eigenvalue weighted by molar-refractivity contribution is 0.0930. The van der Waals surface area contributed by atoms with Gasteiger partial charge in [-0.1, -0.05) is 12.1 Å². The minimum absolute atomic E-state index is 0.0987. The van der Waals surface area contributed by atoms with Crippen molar-refractivity contribution in [2.24, 2.45) is 0 Å². The van der Waals surface area contributed by atoms with Gasteiger partial charge in [-0.2, -0.15) is 0 Å². The molecule has 6 heteroatoms. The summed E-state index contributed by atoms with van der Waals surface area (Å²) in [4.78, 5) is 23.9. The van der Waals surface area contributed by atoms with Crippen LogP contribution in [0, 0.1) is 0 Å². The van der Waals surface area contributed by atoms with Crippen LogP contribution < -0.4 is 10.9 Å². The number of nitrogens with one attached hydrogen (secondary N) is 2. The van der Waals surface area contributed by atoms with Gasteiger partial charge in [-0.3, -0.25) is 10.2 Å². The molecule has 0 aliphatic carbocycles. The molecule has 1 rings (SSSR count). The van der Waals surface area contributed by atoms with E-state index >= 15 is 0 Å². The number of aromatic hydroxyl groups is 1. The molecule has 3 N–H and O–H groups in total. The fourth-order valence-electron chi connectivity index (χ4n) is 0.955. The maximum Gasteiger partial charge on any atom is 0.335 e. The Labute approximate surface area is 92.8 Å². The summed E-state index contributed by atoms with van der Waals surface area (Å²) in [5, 5.41) is 9.37. The van der Waals surface area contributed by atoms with Crippen LogP contribution in [0.1, 0.15) is 10.4 Å². The van der Waals surface area contributed by atoms with Gasteiger partial charge in [-0.05, 0) is 12.1 Å². The maximum absolute atomic E-state index is 11.5. The number of para-hydroxylation sites is 1. The first kappa shape index (κ1) is 11.8. The Kier molecular flexibility index (Phi) is 3.71. The third-order valence-electron chi connectivity index (χ3n) is 1.84. The molecular weight excluding hydrogens is 210 g/mol. The molecule has 0 aliphatic rings. The average molecular weight is 223 g/mol. The number of phenolic OH excluding ortho intramolecular Hbond substituents is 1. The van der Waals surface area contributed by atoms with Crippen LogP contribution in [0.4, 0.5) is 4.79 Å². The number of hydrogen-bond acceptors (Lipinski definition) is 3. The maximum atomic E-state index is 11.5. The summed E-state index contributed by atoms with van der Waals surface area (Å²) in [6.45, 7) is 0. The predicted molar refractivity (Wildman–Crippen MR) is 57.8 cm³/mol. The number of benzene rings is 1. The minimum Gasteiger partial charge on any atom is -0.507 e. The average Bonchev–Trinajstić information content (AvgIpc) is 2.25. The van der Waals surface area contributed by atoms with Gasteiger partial charge in [-0.15, -0.1) is 0 Å². The molecule has 0 fully saturated rings. The first-order valence-electron chi connectivity index (χ1n) is 4.58. The van der Waals surface area contributed by atoms with Gasteiger partial charge in [-0.25, -0.2) is 10.2 Å². The largest absolute Gasteiger partial charge is 0.507 e. The van der Waals surface area contributed by atoms with Crippen LogP contribution in [-0.4, -0.2) is 36.0 Å². The van der Waals surface area contributed by atoms with Crippen LogP contribution >= 0.6 is 0 Å². The predicted octanol–water partition coefficient (Wildman–Crippen LogP) is 0.308. The lowest BCUT2D eigenvalue weighted by Gasteiger charge is -2.12. The third-order valence-corrected chi connectivity index (χ3v) is 1.84. The molecule has 16 heavy (non-hydrogen) atoms. The molecule has 0 heterocycles. The highest BCUT2D eigenvalue weighted by molar-refractivity contribution is 5.97. The molecule has 1 aromatic rings. The first-order chi connectivity index (χ1) is 7.52. The number of rotatable bonds is 1. The van der Waals surface area contributed by atoms with Gasteiger partial charge < -0.3 is 10.0 Å². The number of amides is 3. The Balaban J connectivity index is 2.60. The highest BCUT2D eigenvalue weighted by Crippen LogP contribution is 2.14. The Morgan fingerprint density at radius 2 is 1.81 bits per heavy atom. The number of nitrogens with zero attached hydrogens (tertiary/aromatic N) is 1. The first-order valence-corrected chi connectivity index (χ1v) is 4.58. The van der Waals surface area contributed by atoms with Crippen LogP contribution in [0.5, 0.6) is 5.75 Å². The normalized spacial score (nSPS) is 9.38. The van der Waals surface area contributed by atoms with Gasteiger partial charge in [0.05, 0.1) is 5.56 Å².